The normalized spacial score (nSPS) is 10.4. The summed E-state index contributed by atoms with van der Waals surface area (Å²) in [6, 6.07) is 21.0. The predicted molar refractivity (Wildman–Crippen MR) is 129 cm³/mol. The van der Waals surface area contributed by atoms with Crippen molar-refractivity contribution in [3.05, 3.63) is 96.6 Å². The lowest BCUT2D eigenvalue weighted by molar-refractivity contribution is -0.131. The number of ether oxygens (including phenoxy) is 3. The molecule has 0 radical (unpaired) electrons. The van der Waals surface area contributed by atoms with E-state index < -0.39 is 11.9 Å². The van der Waals surface area contributed by atoms with Crippen LogP contribution in [0.4, 0.5) is 0 Å². The predicted octanol–water partition coefficient (Wildman–Crippen LogP) is 6.13. The Hall–Kier alpha value is -3.96. The van der Waals surface area contributed by atoms with Gasteiger partial charge in [0, 0.05) is 23.8 Å². The molecule has 33 heavy (non-hydrogen) atoms. The van der Waals surface area contributed by atoms with Crippen LogP contribution >= 0.6 is 0 Å². The van der Waals surface area contributed by atoms with Crippen LogP contribution in [-0.2, 0) is 20.9 Å². The molecule has 0 saturated carbocycles. The second-order valence-electron chi connectivity index (χ2n) is 7.70. The number of carbonyl (C=O) groups excluding carboxylic acids is 2. The van der Waals surface area contributed by atoms with E-state index in [9.17, 15) is 9.59 Å². The van der Waals surface area contributed by atoms with Crippen LogP contribution in [0.1, 0.15) is 19.4 Å². The van der Waals surface area contributed by atoms with Gasteiger partial charge in [-0.1, -0.05) is 55.6 Å². The van der Waals surface area contributed by atoms with Crippen molar-refractivity contribution in [3.63, 3.8) is 0 Å². The van der Waals surface area contributed by atoms with Gasteiger partial charge in [-0.15, -0.1) is 0 Å². The summed E-state index contributed by atoms with van der Waals surface area (Å²) in [6.07, 6.45) is 0. The smallest absolute Gasteiger partial charge is 0.338 e. The van der Waals surface area contributed by atoms with Crippen molar-refractivity contribution in [2.24, 2.45) is 0 Å². The van der Waals surface area contributed by atoms with Crippen LogP contribution < -0.4 is 9.47 Å². The van der Waals surface area contributed by atoms with Crippen LogP contribution in [0.15, 0.2) is 91.0 Å². The van der Waals surface area contributed by atoms with Crippen molar-refractivity contribution in [1.29, 1.82) is 0 Å². The Morgan fingerprint density at radius 2 is 1.15 bits per heavy atom. The Morgan fingerprint density at radius 3 is 1.67 bits per heavy atom. The third-order valence-electron chi connectivity index (χ3n) is 4.88. The van der Waals surface area contributed by atoms with Gasteiger partial charge in [0.2, 0.25) is 0 Å². The van der Waals surface area contributed by atoms with Crippen molar-refractivity contribution in [2.75, 3.05) is 7.11 Å². The minimum absolute atomic E-state index is 0.313. The summed E-state index contributed by atoms with van der Waals surface area (Å²) in [5.41, 5.74) is 5.48. The molecule has 0 heterocycles. The lowest BCUT2D eigenvalue weighted by atomic mass is 9.99. The molecule has 5 nitrogen and oxygen atoms in total. The Kier molecular flexibility index (Phi) is 7.59. The van der Waals surface area contributed by atoms with E-state index in [-0.39, 0.29) is 0 Å². The molecule has 0 aliphatic carbocycles. The summed E-state index contributed by atoms with van der Waals surface area (Å²) in [6.45, 7) is 10.7. The van der Waals surface area contributed by atoms with E-state index >= 15 is 0 Å². The fraction of sp³-hybridized carbons (Fsp3) is 0.143. The number of hydrogen-bond donors (Lipinski definition) is 0. The Labute approximate surface area is 193 Å². The molecule has 3 rings (SSSR count). The molecule has 0 aromatic heterocycles. The van der Waals surface area contributed by atoms with E-state index in [4.69, 9.17) is 14.2 Å². The minimum atomic E-state index is -0.468. The Bertz CT molecular complexity index is 1190. The molecule has 0 N–H and O–H groups in total. The first-order valence-electron chi connectivity index (χ1n) is 10.4. The zero-order valence-electron chi connectivity index (χ0n) is 19.0. The number of esters is 2. The maximum absolute atomic E-state index is 11.9. The molecule has 0 fully saturated rings. The fourth-order valence-electron chi connectivity index (χ4n) is 3.08. The van der Waals surface area contributed by atoms with Gasteiger partial charge in [-0.05, 0) is 60.4 Å². The highest BCUT2D eigenvalue weighted by Gasteiger charge is 2.12. The third-order valence-corrected chi connectivity index (χ3v) is 4.88. The topological polar surface area (TPSA) is 61.8 Å². The van der Waals surface area contributed by atoms with E-state index in [0.717, 1.165) is 27.8 Å². The van der Waals surface area contributed by atoms with Crippen LogP contribution in [0.3, 0.4) is 0 Å². The van der Waals surface area contributed by atoms with E-state index in [1.807, 2.05) is 48.5 Å². The maximum atomic E-state index is 11.9. The molecular weight excluding hydrogens is 416 g/mol. The zero-order chi connectivity index (χ0) is 24.0. The highest BCUT2D eigenvalue weighted by Crippen LogP contribution is 2.30. The van der Waals surface area contributed by atoms with Crippen LogP contribution in [0.5, 0.6) is 11.5 Å². The molecule has 0 aliphatic heterocycles. The van der Waals surface area contributed by atoms with Gasteiger partial charge in [-0.3, -0.25) is 0 Å². The van der Waals surface area contributed by atoms with E-state index in [1.165, 1.54) is 0 Å². The van der Waals surface area contributed by atoms with Crippen LogP contribution in [0.25, 0.3) is 22.3 Å². The van der Waals surface area contributed by atoms with Gasteiger partial charge in [0.1, 0.15) is 11.5 Å². The minimum Gasteiger partial charge on any atom is -0.423 e. The van der Waals surface area contributed by atoms with Crippen molar-refractivity contribution in [2.45, 2.75) is 20.5 Å². The van der Waals surface area contributed by atoms with E-state index in [0.29, 0.717) is 29.3 Å². The van der Waals surface area contributed by atoms with Gasteiger partial charge < -0.3 is 14.2 Å². The number of rotatable bonds is 8. The highest BCUT2D eigenvalue weighted by atomic mass is 16.5. The lowest BCUT2D eigenvalue weighted by Gasteiger charge is -2.12. The molecule has 0 amide bonds. The molecule has 5 heteroatoms. The monoisotopic (exact) mass is 442 g/mol. The first-order valence-corrected chi connectivity index (χ1v) is 10.4. The third kappa shape index (κ3) is 6.05. The number of hydrogen-bond acceptors (Lipinski definition) is 5. The standard InChI is InChI=1S/C28H26O5/c1-18(2)27(29)32-25-13-10-21(11-14-25)20-6-8-22(9-7-20)23-12-15-26(24(16-23)17-31-5)33-28(30)19(3)4/h6-16H,1,3,17H2,2,4-5H3. The second kappa shape index (κ2) is 10.6. The van der Waals surface area contributed by atoms with E-state index in [1.54, 1.807) is 39.2 Å². The molecule has 3 aromatic rings. The second-order valence-corrected chi connectivity index (χ2v) is 7.70. The number of methoxy groups -OCH3 is 1. The molecular formula is C28H26O5. The van der Waals surface area contributed by atoms with Crippen LogP contribution in [0.2, 0.25) is 0 Å². The average molecular weight is 443 g/mol. The molecule has 168 valence electrons. The average Bonchev–Trinajstić information content (AvgIpc) is 2.81. The first-order chi connectivity index (χ1) is 15.8. The highest BCUT2D eigenvalue weighted by molar-refractivity contribution is 5.89. The van der Waals surface area contributed by atoms with Crippen molar-refractivity contribution >= 4 is 11.9 Å². The van der Waals surface area contributed by atoms with Gasteiger partial charge >= 0.3 is 11.9 Å². The Balaban J connectivity index is 1.80. The lowest BCUT2D eigenvalue weighted by Crippen LogP contribution is -2.10. The Morgan fingerprint density at radius 1 is 0.697 bits per heavy atom. The molecule has 3 aromatic carbocycles. The summed E-state index contributed by atoms with van der Waals surface area (Å²) in [4.78, 5) is 23.6. The number of benzene rings is 3. The number of carbonyl (C=O) groups is 2. The van der Waals surface area contributed by atoms with Gasteiger partial charge in [0.05, 0.1) is 6.61 Å². The molecule has 0 spiro atoms. The molecule has 0 bridgehead atoms. The quantitative estimate of drug-likeness (QED) is 0.239. The summed E-state index contributed by atoms with van der Waals surface area (Å²) >= 11 is 0. The first kappa shape index (κ1) is 23.7. The molecule has 0 atom stereocenters. The summed E-state index contributed by atoms with van der Waals surface area (Å²) in [5, 5.41) is 0. The maximum Gasteiger partial charge on any atom is 0.338 e. The van der Waals surface area contributed by atoms with Gasteiger partial charge in [-0.25, -0.2) is 9.59 Å². The molecule has 0 aliphatic rings. The van der Waals surface area contributed by atoms with E-state index in [2.05, 4.69) is 13.2 Å². The fourth-order valence-corrected chi connectivity index (χ4v) is 3.08. The molecule has 0 saturated heterocycles. The summed E-state index contributed by atoms with van der Waals surface area (Å²) in [7, 11) is 1.59. The van der Waals surface area contributed by atoms with Crippen molar-refractivity contribution in [1.82, 2.24) is 0 Å². The summed E-state index contributed by atoms with van der Waals surface area (Å²) in [5.74, 6) is 0.0179. The SMILES string of the molecule is C=C(C)C(=O)Oc1ccc(-c2ccc(-c3ccc(OC(=O)C(=C)C)c(COC)c3)cc2)cc1. The summed E-state index contributed by atoms with van der Waals surface area (Å²) < 4.78 is 15.9. The van der Waals surface area contributed by atoms with Crippen LogP contribution in [-0.4, -0.2) is 19.0 Å². The van der Waals surface area contributed by atoms with Crippen molar-refractivity contribution in [3.8, 4) is 33.8 Å². The largest absolute Gasteiger partial charge is 0.423 e. The van der Waals surface area contributed by atoms with Crippen LogP contribution in [0, 0.1) is 0 Å². The molecule has 0 unspecified atom stereocenters. The van der Waals surface area contributed by atoms with Gasteiger partial charge in [0.15, 0.2) is 0 Å². The zero-order valence-corrected chi connectivity index (χ0v) is 19.0. The van der Waals surface area contributed by atoms with Gasteiger partial charge in [0.25, 0.3) is 0 Å². The van der Waals surface area contributed by atoms with Crippen molar-refractivity contribution < 1.29 is 23.8 Å². The van der Waals surface area contributed by atoms with Gasteiger partial charge in [-0.2, -0.15) is 0 Å².